The van der Waals surface area contributed by atoms with Gasteiger partial charge in [-0.05, 0) is 69.9 Å². The highest BCUT2D eigenvalue weighted by Crippen LogP contribution is 2.41. The summed E-state index contributed by atoms with van der Waals surface area (Å²) in [6, 6.07) is -0.995. The summed E-state index contributed by atoms with van der Waals surface area (Å²) in [6.07, 6.45) is 1.20. The lowest BCUT2D eigenvalue weighted by atomic mass is 9.71. The Morgan fingerprint density at radius 2 is 1.85 bits per heavy atom. The Kier molecular flexibility index (Phi) is 6.86. The number of aliphatic hydroxyl groups is 1. The number of hydrogen-bond acceptors (Lipinski definition) is 5. The van der Waals surface area contributed by atoms with E-state index in [0.717, 1.165) is 45.2 Å². The average Bonchev–Trinajstić information content (AvgIpc) is 2.77. The van der Waals surface area contributed by atoms with Gasteiger partial charge >= 0.3 is 6.03 Å². The maximum Gasteiger partial charge on any atom is 0.321 e. The summed E-state index contributed by atoms with van der Waals surface area (Å²) in [5, 5.41) is 24.1. The molecule has 4 aliphatic heterocycles. The summed E-state index contributed by atoms with van der Waals surface area (Å²) in [5.74, 6) is -0.311. The van der Waals surface area contributed by atoms with Gasteiger partial charge in [-0.2, -0.15) is 0 Å². The van der Waals surface area contributed by atoms with Crippen LogP contribution in [0, 0.1) is 23.7 Å². The summed E-state index contributed by atoms with van der Waals surface area (Å²) in [7, 11) is 0. The molecule has 5 aliphatic rings. The molecule has 5 fully saturated rings. The van der Waals surface area contributed by atoms with Crippen LogP contribution in [-0.4, -0.2) is 78.0 Å². The van der Waals surface area contributed by atoms with Crippen LogP contribution in [0.2, 0.25) is 0 Å². The van der Waals surface area contributed by atoms with Crippen LogP contribution < -0.4 is 21.3 Å². The number of halogens is 2. The molecular formula is C24H41F2N5O2. The smallest absolute Gasteiger partial charge is 0.321 e. The fourth-order valence-corrected chi connectivity index (χ4v) is 7.56. The first-order chi connectivity index (χ1) is 15.9. The van der Waals surface area contributed by atoms with E-state index in [-0.39, 0.29) is 30.6 Å². The Balaban J connectivity index is 1.55. The lowest BCUT2D eigenvalue weighted by molar-refractivity contribution is -0.0990. The second-order valence-corrected chi connectivity index (χ2v) is 11.3. The number of carbonyl (C=O) groups is 1. The molecule has 0 radical (unpaired) electrons. The molecule has 2 amide bonds. The summed E-state index contributed by atoms with van der Waals surface area (Å²) >= 11 is 0. The topological polar surface area (TPSA) is 88.7 Å². The number of alkyl halides is 2. The van der Waals surface area contributed by atoms with Crippen LogP contribution in [0.5, 0.6) is 0 Å². The summed E-state index contributed by atoms with van der Waals surface area (Å²) < 4.78 is 30.9. The Morgan fingerprint density at radius 1 is 1.03 bits per heavy atom. The van der Waals surface area contributed by atoms with Crippen molar-refractivity contribution in [2.45, 2.75) is 108 Å². The first-order valence-corrected chi connectivity index (χ1v) is 13.1. The molecule has 11 atom stereocenters. The summed E-state index contributed by atoms with van der Waals surface area (Å²) in [6.45, 7) is 6.04. The van der Waals surface area contributed by atoms with E-state index < -0.39 is 42.6 Å². The number of urea groups is 1. The second kappa shape index (κ2) is 9.55. The van der Waals surface area contributed by atoms with Crippen molar-refractivity contribution in [1.29, 1.82) is 0 Å². The van der Waals surface area contributed by atoms with Gasteiger partial charge in [0.15, 0.2) is 0 Å². The minimum Gasteiger partial charge on any atom is -0.373 e. The largest absolute Gasteiger partial charge is 0.373 e. The maximum absolute atomic E-state index is 15.6. The molecule has 0 aromatic carbocycles. The zero-order valence-electron chi connectivity index (χ0n) is 19.9. The van der Waals surface area contributed by atoms with Gasteiger partial charge in [-0.25, -0.2) is 13.6 Å². The van der Waals surface area contributed by atoms with Crippen molar-refractivity contribution >= 4 is 6.03 Å². The SMILES string of the molecule is CC(C)C1NCCC2CCCNC3CCCC(F)C3C3NC4C(CC3F)C(O)NC(=O)N4C21. The normalized spacial score (nSPS) is 48.7. The molecule has 2 bridgehead atoms. The molecule has 4 saturated heterocycles. The van der Waals surface area contributed by atoms with Gasteiger partial charge in [0.05, 0.1) is 12.2 Å². The lowest BCUT2D eigenvalue weighted by Crippen LogP contribution is -2.77. The van der Waals surface area contributed by atoms with E-state index in [0.29, 0.717) is 18.3 Å². The zero-order valence-corrected chi connectivity index (χ0v) is 19.9. The molecule has 188 valence electrons. The Morgan fingerprint density at radius 3 is 2.64 bits per heavy atom. The maximum atomic E-state index is 15.6. The summed E-state index contributed by atoms with van der Waals surface area (Å²) in [5.41, 5.74) is 0. The highest BCUT2D eigenvalue weighted by Gasteiger charge is 2.55. The number of rotatable bonds is 1. The first-order valence-electron chi connectivity index (χ1n) is 13.1. The quantitative estimate of drug-likeness (QED) is 0.405. The van der Waals surface area contributed by atoms with Crippen LogP contribution in [0.15, 0.2) is 0 Å². The molecule has 4 heterocycles. The molecule has 9 heteroatoms. The first kappa shape index (κ1) is 23.7. The van der Waals surface area contributed by atoms with E-state index in [1.54, 1.807) is 0 Å². The van der Waals surface area contributed by atoms with Gasteiger partial charge < -0.3 is 26.0 Å². The van der Waals surface area contributed by atoms with Crippen LogP contribution >= 0.6 is 0 Å². The Bertz CT molecular complexity index is 714. The highest BCUT2D eigenvalue weighted by molar-refractivity contribution is 5.76. The molecule has 0 aromatic heterocycles. The molecule has 0 spiro atoms. The van der Waals surface area contributed by atoms with Crippen LogP contribution in [-0.2, 0) is 0 Å². The predicted octanol–water partition coefficient (Wildman–Crippen LogP) is 1.87. The summed E-state index contributed by atoms with van der Waals surface area (Å²) in [4.78, 5) is 15.3. The fraction of sp³-hybridized carbons (Fsp3) is 0.958. The van der Waals surface area contributed by atoms with Gasteiger partial charge in [0.2, 0.25) is 0 Å². The number of fused-ring (bicyclic) bond motifs is 5. The number of hydrogen-bond donors (Lipinski definition) is 5. The Hall–Kier alpha value is -1.03. The van der Waals surface area contributed by atoms with Gasteiger partial charge in [0, 0.05) is 30.0 Å². The van der Waals surface area contributed by atoms with Crippen LogP contribution in [0.4, 0.5) is 13.6 Å². The van der Waals surface area contributed by atoms with Gasteiger partial charge in [-0.3, -0.25) is 5.32 Å². The van der Waals surface area contributed by atoms with E-state index in [2.05, 4.69) is 35.1 Å². The molecule has 5 N–H and O–H groups in total. The van der Waals surface area contributed by atoms with Gasteiger partial charge in [0.25, 0.3) is 0 Å². The van der Waals surface area contributed by atoms with E-state index in [1.165, 1.54) is 0 Å². The molecular weight excluding hydrogens is 428 g/mol. The minimum atomic E-state index is -1.27. The van der Waals surface area contributed by atoms with Crippen molar-refractivity contribution in [2.75, 3.05) is 13.1 Å². The molecule has 0 aromatic rings. The van der Waals surface area contributed by atoms with Gasteiger partial charge in [0.1, 0.15) is 18.6 Å². The van der Waals surface area contributed by atoms with Crippen molar-refractivity contribution in [3.63, 3.8) is 0 Å². The monoisotopic (exact) mass is 469 g/mol. The van der Waals surface area contributed by atoms with E-state index in [9.17, 15) is 9.90 Å². The predicted molar refractivity (Wildman–Crippen MR) is 122 cm³/mol. The van der Waals surface area contributed by atoms with Gasteiger partial charge in [-0.1, -0.05) is 13.8 Å². The minimum absolute atomic E-state index is 0.0641. The van der Waals surface area contributed by atoms with Crippen molar-refractivity contribution in [3.05, 3.63) is 0 Å². The van der Waals surface area contributed by atoms with Crippen molar-refractivity contribution in [2.24, 2.45) is 23.7 Å². The number of amides is 2. The molecule has 7 nitrogen and oxygen atoms in total. The molecule has 11 unspecified atom stereocenters. The van der Waals surface area contributed by atoms with E-state index in [1.807, 2.05) is 4.90 Å². The number of carbonyl (C=O) groups excluding carboxylic acids is 1. The number of nitrogens with one attached hydrogen (secondary N) is 4. The standard InChI is InChI=1S/C24H41F2N5O2/c1-12(2)19-21-13(8-10-28-19)5-4-9-27-17-7-3-6-15(25)18(17)20-16(26)11-14-22(29-20)31(21)24(33)30-23(14)32/h12-23,27-29,32H,3-11H2,1-2H3,(H,30,33). The van der Waals surface area contributed by atoms with E-state index in [4.69, 9.17) is 0 Å². The van der Waals surface area contributed by atoms with Gasteiger partial charge in [-0.15, -0.1) is 0 Å². The molecule has 33 heavy (non-hydrogen) atoms. The highest BCUT2D eigenvalue weighted by atomic mass is 19.1. The lowest BCUT2D eigenvalue weighted by Gasteiger charge is -2.57. The third-order valence-electron chi connectivity index (χ3n) is 9.10. The third-order valence-corrected chi connectivity index (χ3v) is 9.10. The fourth-order valence-electron chi connectivity index (χ4n) is 7.56. The number of aliphatic hydroxyl groups excluding tert-OH is 1. The molecule has 5 rings (SSSR count). The van der Waals surface area contributed by atoms with Crippen LogP contribution in [0.25, 0.3) is 0 Å². The van der Waals surface area contributed by atoms with Crippen molar-refractivity contribution < 1.29 is 18.7 Å². The Labute approximate surface area is 195 Å². The van der Waals surface area contributed by atoms with E-state index >= 15 is 8.78 Å². The van der Waals surface area contributed by atoms with Crippen molar-refractivity contribution in [1.82, 2.24) is 26.2 Å². The number of nitrogens with zero attached hydrogens (tertiary/aromatic N) is 1. The average molecular weight is 470 g/mol. The molecule has 1 saturated carbocycles. The molecule has 1 aliphatic carbocycles. The number of piperidine rings is 2. The van der Waals surface area contributed by atoms with Crippen LogP contribution in [0.3, 0.4) is 0 Å². The van der Waals surface area contributed by atoms with Crippen molar-refractivity contribution in [3.8, 4) is 0 Å². The van der Waals surface area contributed by atoms with Crippen LogP contribution in [0.1, 0.15) is 58.8 Å². The zero-order chi connectivity index (χ0) is 23.3. The second-order valence-electron chi connectivity index (χ2n) is 11.3. The third kappa shape index (κ3) is 4.28.